The molecule has 5 aromatic carbocycles. The zero-order chi connectivity index (χ0) is 33.3. The van der Waals surface area contributed by atoms with Crippen LogP contribution in [0.4, 0.5) is 26.3 Å². The molecule has 5 aromatic rings. The van der Waals surface area contributed by atoms with Crippen molar-refractivity contribution in [2.45, 2.75) is 29.3 Å². The van der Waals surface area contributed by atoms with Gasteiger partial charge in [-0.15, -0.1) is 0 Å². The quantitative estimate of drug-likeness (QED) is 0.121. The zero-order valence-corrected chi connectivity index (χ0v) is 30.3. The summed E-state index contributed by atoms with van der Waals surface area (Å²) in [6.45, 7) is 1.83. The molecule has 1 atom stereocenters. The first-order chi connectivity index (χ1) is 22.3. The fourth-order valence-electron chi connectivity index (χ4n) is 7.13. The third-order valence-electron chi connectivity index (χ3n) is 9.22. The van der Waals surface area contributed by atoms with Crippen LogP contribution in [0, 0.1) is 0 Å². The Balaban J connectivity index is 1.48. The Labute approximate surface area is 282 Å². The van der Waals surface area contributed by atoms with E-state index >= 15 is 0 Å². The number of allylic oxidation sites excluding steroid dienone is 1. The average Bonchev–Trinajstić information content (AvgIpc) is 3.63. The summed E-state index contributed by atoms with van der Waals surface area (Å²) >= 11 is -4.54. The van der Waals surface area contributed by atoms with E-state index in [1.54, 1.807) is 6.07 Å². The van der Waals surface area contributed by atoms with Crippen LogP contribution in [0.3, 0.4) is 0 Å². The van der Waals surface area contributed by atoms with Gasteiger partial charge in [-0.2, -0.15) is 0 Å². The summed E-state index contributed by atoms with van der Waals surface area (Å²) in [5, 5.41) is 2.53. The van der Waals surface area contributed by atoms with Crippen LogP contribution in [-0.4, -0.2) is 9.52 Å². The Morgan fingerprint density at radius 3 is 2.00 bits per heavy atom. The minimum atomic E-state index is -4.97. The molecule has 7 rings (SSSR count). The molecule has 0 bridgehead atoms. The summed E-state index contributed by atoms with van der Waals surface area (Å²) in [6, 6.07) is 29.5. The third-order valence-corrected chi connectivity index (χ3v) is 23.4. The van der Waals surface area contributed by atoms with Crippen LogP contribution in [0.1, 0.15) is 43.9 Å². The van der Waals surface area contributed by atoms with Gasteiger partial charge in [-0.1, -0.05) is 0 Å². The van der Waals surface area contributed by atoms with E-state index in [1.807, 2.05) is 73.7 Å². The molecule has 238 valence electrons. The van der Waals surface area contributed by atoms with E-state index in [2.05, 4.69) is 18.2 Å². The van der Waals surface area contributed by atoms with Gasteiger partial charge >= 0.3 is 284 Å². The summed E-state index contributed by atoms with van der Waals surface area (Å²) in [6.07, 6.45) is -7.66. The fraction of sp³-hybridized carbons (Fsp3) is 0.135. The molecule has 1 unspecified atom stereocenters. The second-order valence-electron chi connectivity index (χ2n) is 11.9. The van der Waals surface area contributed by atoms with Crippen molar-refractivity contribution in [1.29, 1.82) is 0 Å². The summed E-state index contributed by atoms with van der Waals surface area (Å²) < 4.78 is 84.5. The monoisotopic (exact) mass is 772 g/mol. The molecule has 1 aliphatic carbocycles. The van der Waals surface area contributed by atoms with E-state index in [0.717, 1.165) is 37.7 Å². The maximum absolute atomic E-state index is 14.0. The number of rotatable bonds is 5. The van der Waals surface area contributed by atoms with Crippen LogP contribution in [0.25, 0.3) is 33.9 Å². The minimum absolute atomic E-state index is 0.140. The Hall–Kier alpha value is -2.90. The Kier molecular flexibility index (Phi) is 8.27. The Morgan fingerprint density at radius 2 is 1.34 bits per heavy atom. The average molecular weight is 775 g/mol. The first kappa shape index (κ1) is 32.6. The standard InChI is InChI=1S/C25H17F6.C12H9Si.2ClH.Zr/c1-2-15-8-9-17-10-18(16-6-4-3-5-7-16)13-22(17)23(15)19-11-20(24(26,27)28)14-21(12-19)25(29,30)31;1-3-7-11-9(5-1)10-6-2-4-8-12(10)13-11;;;/h3-14H,2H2,1H3;1-7H,13H2;2*1H;/q;;;;+2/p-2. The van der Waals surface area contributed by atoms with Crippen molar-refractivity contribution in [3.8, 4) is 22.3 Å². The van der Waals surface area contributed by atoms with Crippen molar-refractivity contribution in [3.63, 3.8) is 0 Å². The van der Waals surface area contributed by atoms with Gasteiger partial charge in [0.25, 0.3) is 0 Å². The molecular weight excluding hydrogens is 749 g/mol. The predicted molar refractivity (Wildman–Crippen MR) is 179 cm³/mol. The predicted octanol–water partition coefficient (Wildman–Crippen LogP) is 9.44. The molecule has 1 aliphatic heterocycles. The zero-order valence-electron chi connectivity index (χ0n) is 24.9. The molecular formula is C37H26Cl2F6SiZr. The first-order valence-electron chi connectivity index (χ1n) is 15.1. The first-order valence-corrected chi connectivity index (χ1v) is 25.5. The van der Waals surface area contributed by atoms with E-state index in [9.17, 15) is 26.3 Å². The van der Waals surface area contributed by atoms with Crippen molar-refractivity contribution in [3.05, 3.63) is 137 Å². The van der Waals surface area contributed by atoms with E-state index in [-0.39, 0.29) is 11.6 Å². The molecule has 2 aliphatic rings. The molecule has 0 aromatic heterocycles. The van der Waals surface area contributed by atoms with Crippen LogP contribution in [0.2, 0.25) is 0 Å². The van der Waals surface area contributed by atoms with Gasteiger partial charge in [-0.3, -0.25) is 0 Å². The molecule has 0 spiro atoms. The van der Waals surface area contributed by atoms with E-state index < -0.39 is 54.5 Å². The van der Waals surface area contributed by atoms with Gasteiger partial charge in [-0.25, -0.2) is 0 Å². The van der Waals surface area contributed by atoms with Crippen LogP contribution < -0.4 is 13.6 Å². The number of hydrogen-bond acceptors (Lipinski definition) is 0. The molecule has 0 saturated heterocycles. The molecule has 1 heterocycles. The van der Waals surface area contributed by atoms with Crippen molar-refractivity contribution in [2.75, 3.05) is 0 Å². The second-order valence-corrected chi connectivity index (χ2v) is 27.8. The summed E-state index contributed by atoms with van der Waals surface area (Å²) in [4.78, 5) is 0. The maximum atomic E-state index is 14.0. The van der Waals surface area contributed by atoms with Crippen molar-refractivity contribution in [2.24, 2.45) is 0 Å². The van der Waals surface area contributed by atoms with Crippen LogP contribution >= 0.6 is 17.0 Å². The Bertz CT molecular complexity index is 2040. The molecule has 0 amide bonds. The third kappa shape index (κ3) is 5.69. The van der Waals surface area contributed by atoms with E-state index in [1.165, 1.54) is 15.9 Å². The number of alkyl halides is 6. The fourth-order valence-corrected chi connectivity index (χ4v) is 23.6. The molecule has 0 N–H and O–H groups in total. The molecule has 0 radical (unpaired) electrons. The summed E-state index contributed by atoms with van der Waals surface area (Å²) in [5.41, 5.74) is 3.45. The number of halogens is 8. The van der Waals surface area contributed by atoms with Gasteiger partial charge in [-0.05, 0) is 0 Å². The van der Waals surface area contributed by atoms with Crippen molar-refractivity contribution >= 4 is 51.8 Å². The molecule has 0 saturated carbocycles. The van der Waals surface area contributed by atoms with Crippen molar-refractivity contribution < 1.29 is 44.2 Å². The molecule has 0 nitrogen and oxygen atoms in total. The van der Waals surface area contributed by atoms with Gasteiger partial charge in [0.05, 0.1) is 0 Å². The van der Waals surface area contributed by atoms with Crippen LogP contribution in [0.15, 0.2) is 103 Å². The van der Waals surface area contributed by atoms with Crippen molar-refractivity contribution in [1.82, 2.24) is 0 Å². The summed E-state index contributed by atoms with van der Waals surface area (Å²) in [5.74, 6) is 0. The van der Waals surface area contributed by atoms with Gasteiger partial charge in [0, 0.05) is 0 Å². The second kappa shape index (κ2) is 11.9. The number of aryl methyl sites for hydroxylation is 1. The normalized spacial score (nSPS) is 16.2. The summed E-state index contributed by atoms with van der Waals surface area (Å²) in [7, 11) is 14.6. The number of hydrogen-bond donors (Lipinski definition) is 0. The van der Waals surface area contributed by atoms with E-state index in [0.29, 0.717) is 23.1 Å². The molecule has 10 heteroatoms. The van der Waals surface area contributed by atoms with Gasteiger partial charge < -0.3 is 0 Å². The topological polar surface area (TPSA) is 0 Å². The van der Waals surface area contributed by atoms with E-state index in [4.69, 9.17) is 17.0 Å². The molecule has 47 heavy (non-hydrogen) atoms. The number of fused-ring (bicyclic) bond motifs is 4. The molecule has 0 fully saturated rings. The SMILES string of the molecule is CCc1ccc2c(c1-c1cc(C(F)(F)F)cc(C(F)(F)F)c1)C=C(c1ccccc1)[CH]2[Zr]([Cl])([Cl])[c]1cccc2c1[SiH2]c1ccccc1-2. The Morgan fingerprint density at radius 1 is 0.702 bits per heavy atom. The van der Waals surface area contributed by atoms with Gasteiger partial charge in [0.1, 0.15) is 0 Å². The van der Waals surface area contributed by atoms with Crippen LogP contribution in [-0.2, 0) is 36.7 Å². The van der Waals surface area contributed by atoms with Gasteiger partial charge in [0.15, 0.2) is 0 Å². The van der Waals surface area contributed by atoms with Crippen LogP contribution in [0.5, 0.6) is 0 Å². The number of benzene rings is 5. The van der Waals surface area contributed by atoms with Gasteiger partial charge in [0.2, 0.25) is 0 Å².